The van der Waals surface area contributed by atoms with Crippen LogP contribution in [0.3, 0.4) is 0 Å². The zero-order valence-corrected chi connectivity index (χ0v) is 20.6. The van der Waals surface area contributed by atoms with Crippen LogP contribution in [-0.4, -0.2) is 48.2 Å². The fraction of sp³-hybridized carbons (Fsp3) is 0.231. The first-order valence-electron chi connectivity index (χ1n) is 11.9. The fourth-order valence-electron chi connectivity index (χ4n) is 4.01. The van der Waals surface area contributed by atoms with Crippen LogP contribution in [0.2, 0.25) is 0 Å². The van der Waals surface area contributed by atoms with Gasteiger partial charge in [-0.3, -0.25) is 4.40 Å². The lowest BCUT2D eigenvalue weighted by molar-refractivity contribution is 0.290. The summed E-state index contributed by atoms with van der Waals surface area (Å²) in [6.07, 6.45) is 4.76. The van der Waals surface area contributed by atoms with Gasteiger partial charge in [-0.2, -0.15) is 0 Å². The molecule has 11 nitrogen and oxygen atoms in total. The standard InChI is InChI=1S/C26H25N9O2/c1-15(2)21-11-36-26(33-21)32-18-4-6-20-19(9-18)25(28-12-27-20)31-17-5-7-22(16(3)8-17)37-24-10-23-34-30-14-35(23)13-29-24/h4-10,12-15,21H,11H2,1-3H3,(H,32,33)(H,27,28,31)/t21-/m1/s1. The van der Waals surface area contributed by atoms with Crippen LogP contribution in [0.25, 0.3) is 16.6 Å². The maximum Gasteiger partial charge on any atom is 0.289 e. The highest BCUT2D eigenvalue weighted by Crippen LogP contribution is 2.30. The van der Waals surface area contributed by atoms with Crippen molar-refractivity contribution in [3.05, 3.63) is 67.0 Å². The minimum absolute atomic E-state index is 0.167. The van der Waals surface area contributed by atoms with E-state index in [9.17, 15) is 0 Å². The lowest BCUT2D eigenvalue weighted by Gasteiger charge is -2.13. The fourth-order valence-corrected chi connectivity index (χ4v) is 4.01. The highest BCUT2D eigenvalue weighted by atomic mass is 16.5. The molecule has 0 unspecified atom stereocenters. The van der Waals surface area contributed by atoms with E-state index in [1.165, 1.54) is 0 Å². The van der Waals surface area contributed by atoms with Gasteiger partial charge in [0.15, 0.2) is 5.65 Å². The zero-order chi connectivity index (χ0) is 25.4. The molecule has 11 heteroatoms. The molecule has 1 atom stereocenters. The van der Waals surface area contributed by atoms with E-state index in [1.54, 1.807) is 29.4 Å². The third-order valence-electron chi connectivity index (χ3n) is 6.14. The minimum atomic E-state index is 0.167. The number of aromatic nitrogens is 6. The first kappa shape index (κ1) is 22.7. The lowest BCUT2D eigenvalue weighted by atomic mass is 10.1. The average molecular weight is 496 g/mol. The number of aliphatic imine (C=N–C) groups is 1. The van der Waals surface area contributed by atoms with Crippen molar-refractivity contribution in [3.63, 3.8) is 0 Å². The number of aryl methyl sites for hydroxylation is 1. The molecule has 186 valence electrons. The van der Waals surface area contributed by atoms with Crippen molar-refractivity contribution in [1.29, 1.82) is 0 Å². The Balaban J connectivity index is 1.22. The van der Waals surface area contributed by atoms with E-state index in [0.29, 0.717) is 41.6 Å². The van der Waals surface area contributed by atoms with Crippen molar-refractivity contribution in [3.8, 4) is 11.6 Å². The van der Waals surface area contributed by atoms with Crippen LogP contribution >= 0.6 is 0 Å². The second kappa shape index (κ2) is 9.34. The van der Waals surface area contributed by atoms with Gasteiger partial charge in [-0.05, 0) is 54.8 Å². The number of amidine groups is 1. The summed E-state index contributed by atoms with van der Waals surface area (Å²) in [5, 5.41) is 15.4. The molecular weight excluding hydrogens is 470 g/mol. The molecule has 0 aliphatic carbocycles. The van der Waals surface area contributed by atoms with Gasteiger partial charge in [-0.1, -0.05) is 13.8 Å². The number of anilines is 3. The molecule has 0 radical (unpaired) electrons. The molecule has 5 aromatic rings. The Morgan fingerprint density at radius 2 is 1.86 bits per heavy atom. The van der Waals surface area contributed by atoms with Crippen molar-refractivity contribution in [2.24, 2.45) is 10.9 Å². The van der Waals surface area contributed by atoms with Gasteiger partial charge in [-0.25, -0.2) is 19.9 Å². The zero-order valence-electron chi connectivity index (χ0n) is 20.6. The van der Waals surface area contributed by atoms with E-state index in [0.717, 1.165) is 27.8 Å². The van der Waals surface area contributed by atoms with E-state index in [-0.39, 0.29) is 6.04 Å². The summed E-state index contributed by atoms with van der Waals surface area (Å²) >= 11 is 0. The Morgan fingerprint density at radius 3 is 2.70 bits per heavy atom. The average Bonchev–Trinajstić information content (AvgIpc) is 3.55. The number of ether oxygens (including phenoxy) is 2. The summed E-state index contributed by atoms with van der Waals surface area (Å²) in [6.45, 7) is 6.85. The maximum absolute atomic E-state index is 5.99. The van der Waals surface area contributed by atoms with Gasteiger partial charge in [0, 0.05) is 22.8 Å². The Labute approximate surface area is 212 Å². The highest BCUT2D eigenvalue weighted by Gasteiger charge is 2.22. The maximum atomic E-state index is 5.99. The van der Waals surface area contributed by atoms with Crippen molar-refractivity contribution < 1.29 is 9.47 Å². The molecule has 1 aliphatic rings. The molecule has 0 saturated carbocycles. The molecule has 1 aliphatic heterocycles. The van der Waals surface area contributed by atoms with Gasteiger partial charge in [-0.15, -0.1) is 10.2 Å². The minimum Gasteiger partial charge on any atom is -0.463 e. The normalized spacial score (nSPS) is 15.1. The van der Waals surface area contributed by atoms with Gasteiger partial charge < -0.3 is 20.1 Å². The smallest absolute Gasteiger partial charge is 0.289 e. The summed E-state index contributed by atoms with van der Waals surface area (Å²) < 4.78 is 13.4. The summed E-state index contributed by atoms with van der Waals surface area (Å²) in [6, 6.07) is 14.1. The van der Waals surface area contributed by atoms with E-state index >= 15 is 0 Å². The van der Waals surface area contributed by atoms with Crippen LogP contribution < -0.4 is 15.4 Å². The highest BCUT2D eigenvalue weighted by molar-refractivity contribution is 5.97. The Bertz CT molecular complexity index is 1630. The molecular formula is C26H25N9O2. The summed E-state index contributed by atoms with van der Waals surface area (Å²) in [7, 11) is 0. The number of hydrogen-bond acceptors (Lipinski definition) is 10. The largest absolute Gasteiger partial charge is 0.463 e. The molecule has 6 rings (SSSR count). The third-order valence-corrected chi connectivity index (χ3v) is 6.14. The first-order valence-corrected chi connectivity index (χ1v) is 11.9. The summed E-state index contributed by atoms with van der Waals surface area (Å²) in [5.41, 5.74) is 4.14. The summed E-state index contributed by atoms with van der Waals surface area (Å²) in [5.74, 6) is 2.25. The molecule has 3 aromatic heterocycles. The van der Waals surface area contributed by atoms with Gasteiger partial charge in [0.2, 0.25) is 5.88 Å². The second-order valence-corrected chi connectivity index (χ2v) is 9.17. The predicted molar refractivity (Wildman–Crippen MR) is 140 cm³/mol. The monoisotopic (exact) mass is 495 g/mol. The Kier molecular flexibility index (Phi) is 5.72. The first-order chi connectivity index (χ1) is 18.0. The molecule has 0 fully saturated rings. The lowest BCUT2D eigenvalue weighted by Crippen LogP contribution is -2.13. The molecule has 2 N–H and O–H groups in total. The van der Waals surface area contributed by atoms with Crippen LogP contribution in [0.15, 0.2) is 66.4 Å². The van der Waals surface area contributed by atoms with Crippen LogP contribution in [0.1, 0.15) is 19.4 Å². The van der Waals surface area contributed by atoms with E-state index in [4.69, 9.17) is 9.47 Å². The predicted octanol–water partition coefficient (Wildman–Crippen LogP) is 4.73. The number of nitrogens with one attached hydrogen (secondary N) is 2. The quantitative estimate of drug-likeness (QED) is 0.344. The number of rotatable bonds is 6. The number of fused-ring (bicyclic) bond motifs is 2. The van der Waals surface area contributed by atoms with Crippen LogP contribution in [0.5, 0.6) is 11.6 Å². The third kappa shape index (κ3) is 4.70. The van der Waals surface area contributed by atoms with Crippen LogP contribution in [0, 0.1) is 12.8 Å². The molecule has 37 heavy (non-hydrogen) atoms. The van der Waals surface area contributed by atoms with E-state index in [2.05, 4.69) is 54.6 Å². The number of nitrogens with zero attached hydrogens (tertiary/aromatic N) is 7. The topological polar surface area (TPSA) is 124 Å². The van der Waals surface area contributed by atoms with Crippen molar-refractivity contribution in [2.45, 2.75) is 26.8 Å². The van der Waals surface area contributed by atoms with Gasteiger partial charge in [0.1, 0.15) is 37.2 Å². The Hall–Kier alpha value is -4.80. The van der Waals surface area contributed by atoms with Crippen molar-refractivity contribution >= 4 is 39.8 Å². The van der Waals surface area contributed by atoms with Crippen LogP contribution in [0.4, 0.5) is 17.2 Å². The van der Waals surface area contributed by atoms with E-state index < -0.39 is 0 Å². The molecule has 0 bridgehead atoms. The number of hydrogen-bond donors (Lipinski definition) is 2. The van der Waals surface area contributed by atoms with Crippen LogP contribution in [-0.2, 0) is 4.74 Å². The molecule has 0 spiro atoms. The SMILES string of the molecule is Cc1cc(Nc2ncnc3ccc(NC4=N[C@@H](C(C)C)CO4)cc23)ccc1Oc1cc2nncn2cn1. The van der Waals surface area contributed by atoms with Crippen molar-refractivity contribution in [2.75, 3.05) is 17.2 Å². The van der Waals surface area contributed by atoms with Gasteiger partial charge >= 0.3 is 0 Å². The van der Waals surface area contributed by atoms with Gasteiger partial charge in [0.25, 0.3) is 6.02 Å². The number of benzene rings is 2. The molecule has 2 aromatic carbocycles. The molecule has 4 heterocycles. The molecule has 0 amide bonds. The van der Waals surface area contributed by atoms with E-state index in [1.807, 2.05) is 43.3 Å². The summed E-state index contributed by atoms with van der Waals surface area (Å²) in [4.78, 5) is 17.8. The second-order valence-electron chi connectivity index (χ2n) is 9.17. The van der Waals surface area contributed by atoms with Crippen molar-refractivity contribution in [1.82, 2.24) is 29.5 Å². The molecule has 0 saturated heterocycles. The van der Waals surface area contributed by atoms with Gasteiger partial charge in [0.05, 0.1) is 11.6 Å². The Morgan fingerprint density at radius 1 is 1.00 bits per heavy atom.